The first kappa shape index (κ1) is 15.5. The van der Waals surface area contributed by atoms with E-state index < -0.39 is 17.7 Å². The number of aliphatic hydroxyl groups excluding tert-OH is 1. The van der Waals surface area contributed by atoms with E-state index in [1.54, 1.807) is 26.0 Å². The maximum atomic E-state index is 12.6. The molecular formula is C18H17NO3S. The van der Waals surface area contributed by atoms with Gasteiger partial charge in [-0.05, 0) is 23.6 Å². The Bertz CT molecular complexity index is 763. The lowest BCUT2D eigenvalue weighted by molar-refractivity contribution is -0.119. The normalized spacial score (nSPS) is 18.1. The summed E-state index contributed by atoms with van der Waals surface area (Å²) in [6.07, 6.45) is 0. The molecule has 0 fully saturated rings. The number of thiophene rings is 1. The second-order valence-electron chi connectivity index (χ2n) is 5.71. The van der Waals surface area contributed by atoms with Gasteiger partial charge in [0.1, 0.15) is 6.04 Å². The second kappa shape index (κ2) is 6.01. The molecule has 0 saturated heterocycles. The molecule has 0 aliphatic carbocycles. The standard InChI is InChI=1S/C18H17NO3S/c1-11(2)16(20)14-15(13-9-6-10-23-13)19(18(22)17(14)21)12-7-4-3-5-8-12/h3-11,15,21H,1-2H3. The summed E-state index contributed by atoms with van der Waals surface area (Å²) in [4.78, 5) is 27.6. The van der Waals surface area contributed by atoms with Crippen LogP contribution in [-0.2, 0) is 9.59 Å². The molecule has 3 rings (SSSR count). The second-order valence-corrected chi connectivity index (χ2v) is 6.69. The summed E-state index contributed by atoms with van der Waals surface area (Å²) in [6, 6.07) is 12.3. The van der Waals surface area contributed by atoms with Crippen LogP contribution in [-0.4, -0.2) is 16.8 Å². The minimum Gasteiger partial charge on any atom is -0.503 e. The van der Waals surface area contributed by atoms with E-state index in [1.807, 2.05) is 35.7 Å². The average molecular weight is 327 g/mol. The molecule has 1 aromatic heterocycles. The summed E-state index contributed by atoms with van der Waals surface area (Å²) in [6.45, 7) is 3.54. The van der Waals surface area contributed by atoms with Gasteiger partial charge in [0.15, 0.2) is 11.5 Å². The first-order valence-corrected chi connectivity index (χ1v) is 8.29. The molecular weight excluding hydrogens is 310 g/mol. The molecule has 1 amide bonds. The van der Waals surface area contributed by atoms with Crippen molar-refractivity contribution in [2.75, 3.05) is 4.90 Å². The average Bonchev–Trinajstić information content (AvgIpc) is 3.15. The van der Waals surface area contributed by atoms with E-state index in [9.17, 15) is 14.7 Å². The molecule has 5 heteroatoms. The number of hydrogen-bond acceptors (Lipinski definition) is 4. The van der Waals surface area contributed by atoms with Gasteiger partial charge in [-0.1, -0.05) is 38.1 Å². The molecule has 0 saturated carbocycles. The van der Waals surface area contributed by atoms with Gasteiger partial charge < -0.3 is 5.11 Å². The van der Waals surface area contributed by atoms with Crippen molar-refractivity contribution in [3.8, 4) is 0 Å². The summed E-state index contributed by atoms with van der Waals surface area (Å²) >= 11 is 1.46. The third-order valence-corrected chi connectivity index (χ3v) is 4.77. The summed E-state index contributed by atoms with van der Waals surface area (Å²) in [5, 5.41) is 12.2. The molecule has 1 aliphatic rings. The zero-order chi connectivity index (χ0) is 16.6. The van der Waals surface area contributed by atoms with Crippen molar-refractivity contribution in [3.63, 3.8) is 0 Å². The lowest BCUT2D eigenvalue weighted by atomic mass is 9.94. The van der Waals surface area contributed by atoms with E-state index in [0.717, 1.165) is 4.88 Å². The highest BCUT2D eigenvalue weighted by Gasteiger charge is 2.45. The van der Waals surface area contributed by atoms with Crippen molar-refractivity contribution in [3.05, 3.63) is 64.1 Å². The Kier molecular flexibility index (Phi) is 4.05. The number of benzene rings is 1. The zero-order valence-corrected chi connectivity index (χ0v) is 13.7. The van der Waals surface area contributed by atoms with Crippen LogP contribution in [0.1, 0.15) is 24.8 Å². The summed E-state index contributed by atoms with van der Waals surface area (Å²) in [5.74, 6) is -1.46. The number of para-hydroxylation sites is 1. The van der Waals surface area contributed by atoms with Gasteiger partial charge >= 0.3 is 0 Å². The molecule has 118 valence electrons. The number of carbonyl (C=O) groups excluding carboxylic acids is 2. The van der Waals surface area contributed by atoms with E-state index in [4.69, 9.17) is 0 Å². The molecule has 0 radical (unpaired) electrons. The van der Waals surface area contributed by atoms with Gasteiger partial charge in [0.25, 0.3) is 5.91 Å². The van der Waals surface area contributed by atoms with Crippen LogP contribution in [0.2, 0.25) is 0 Å². The number of carbonyl (C=O) groups is 2. The van der Waals surface area contributed by atoms with E-state index in [2.05, 4.69) is 0 Å². The fourth-order valence-electron chi connectivity index (χ4n) is 2.74. The molecule has 0 spiro atoms. The molecule has 1 unspecified atom stereocenters. The predicted molar refractivity (Wildman–Crippen MR) is 90.5 cm³/mol. The minimum atomic E-state index is -0.570. The number of ketones is 1. The molecule has 0 bridgehead atoms. The van der Waals surface area contributed by atoms with Gasteiger partial charge in [-0.25, -0.2) is 0 Å². The fraction of sp³-hybridized carbons (Fsp3) is 0.222. The highest BCUT2D eigenvalue weighted by atomic mass is 32.1. The highest BCUT2D eigenvalue weighted by Crippen LogP contribution is 2.43. The molecule has 2 heterocycles. The molecule has 1 N–H and O–H groups in total. The Morgan fingerprint density at radius 1 is 1.17 bits per heavy atom. The van der Waals surface area contributed by atoms with Crippen LogP contribution >= 0.6 is 11.3 Å². The fourth-order valence-corrected chi connectivity index (χ4v) is 3.56. The quantitative estimate of drug-likeness (QED) is 0.927. The molecule has 4 nitrogen and oxygen atoms in total. The first-order chi connectivity index (χ1) is 11.0. The first-order valence-electron chi connectivity index (χ1n) is 7.41. The van der Waals surface area contributed by atoms with Crippen molar-refractivity contribution in [1.82, 2.24) is 0 Å². The van der Waals surface area contributed by atoms with Crippen molar-refractivity contribution >= 4 is 28.7 Å². The number of hydrogen-bond donors (Lipinski definition) is 1. The van der Waals surface area contributed by atoms with Crippen LogP contribution in [0.15, 0.2) is 59.2 Å². The monoisotopic (exact) mass is 327 g/mol. The van der Waals surface area contributed by atoms with Crippen LogP contribution in [0.3, 0.4) is 0 Å². The highest BCUT2D eigenvalue weighted by molar-refractivity contribution is 7.10. The van der Waals surface area contributed by atoms with Crippen molar-refractivity contribution in [2.45, 2.75) is 19.9 Å². The molecule has 1 aliphatic heterocycles. The summed E-state index contributed by atoms with van der Waals surface area (Å²) in [7, 11) is 0. The smallest absolute Gasteiger partial charge is 0.294 e. The maximum Gasteiger partial charge on any atom is 0.294 e. The van der Waals surface area contributed by atoms with Crippen LogP contribution < -0.4 is 4.90 Å². The number of Topliss-reactive ketones (excluding diaryl/α,β-unsaturated/α-hetero) is 1. The molecule has 1 atom stereocenters. The van der Waals surface area contributed by atoms with Crippen LogP contribution in [0, 0.1) is 5.92 Å². The van der Waals surface area contributed by atoms with Crippen molar-refractivity contribution in [2.24, 2.45) is 5.92 Å². The van der Waals surface area contributed by atoms with Gasteiger partial charge in [0.2, 0.25) is 0 Å². The Morgan fingerprint density at radius 2 is 1.87 bits per heavy atom. The largest absolute Gasteiger partial charge is 0.503 e. The van der Waals surface area contributed by atoms with Crippen LogP contribution in [0.5, 0.6) is 0 Å². The number of nitrogens with zero attached hydrogens (tertiary/aromatic N) is 1. The summed E-state index contributed by atoms with van der Waals surface area (Å²) < 4.78 is 0. The molecule has 2 aromatic rings. The Hall–Kier alpha value is -2.40. The van der Waals surface area contributed by atoms with E-state index in [1.165, 1.54) is 16.2 Å². The predicted octanol–water partition coefficient (Wildman–Crippen LogP) is 3.87. The SMILES string of the molecule is CC(C)C(=O)C1=C(O)C(=O)N(c2ccccc2)C1c1cccs1. The lowest BCUT2D eigenvalue weighted by Gasteiger charge is -2.26. The van der Waals surface area contributed by atoms with Gasteiger partial charge in [0.05, 0.1) is 5.57 Å². The van der Waals surface area contributed by atoms with Gasteiger partial charge in [-0.2, -0.15) is 0 Å². The molecule has 1 aromatic carbocycles. The maximum absolute atomic E-state index is 12.6. The van der Waals surface area contributed by atoms with Crippen LogP contribution in [0.4, 0.5) is 5.69 Å². The van der Waals surface area contributed by atoms with Crippen molar-refractivity contribution < 1.29 is 14.7 Å². The number of amides is 1. The molecule has 23 heavy (non-hydrogen) atoms. The van der Waals surface area contributed by atoms with Gasteiger partial charge in [-0.15, -0.1) is 11.3 Å². The minimum absolute atomic E-state index is 0.191. The zero-order valence-electron chi connectivity index (χ0n) is 12.9. The van der Waals surface area contributed by atoms with Crippen LogP contribution in [0.25, 0.3) is 0 Å². The van der Waals surface area contributed by atoms with E-state index in [0.29, 0.717) is 5.69 Å². The Morgan fingerprint density at radius 3 is 2.43 bits per heavy atom. The van der Waals surface area contributed by atoms with E-state index in [-0.39, 0.29) is 17.3 Å². The summed E-state index contributed by atoms with van der Waals surface area (Å²) in [5.41, 5.74) is 0.852. The number of rotatable bonds is 4. The lowest BCUT2D eigenvalue weighted by Crippen LogP contribution is -2.30. The topological polar surface area (TPSA) is 57.6 Å². The third-order valence-electron chi connectivity index (χ3n) is 3.85. The number of aliphatic hydroxyl groups is 1. The Labute approximate surface area is 138 Å². The number of anilines is 1. The van der Waals surface area contributed by atoms with Crippen molar-refractivity contribution in [1.29, 1.82) is 0 Å². The third kappa shape index (κ3) is 2.57. The van der Waals surface area contributed by atoms with Gasteiger partial charge in [0, 0.05) is 16.5 Å². The Balaban J connectivity index is 2.16. The van der Waals surface area contributed by atoms with Gasteiger partial charge in [-0.3, -0.25) is 14.5 Å². The van der Waals surface area contributed by atoms with E-state index >= 15 is 0 Å².